The number of benzene rings is 2. The molecule has 36 heavy (non-hydrogen) atoms. The molecule has 0 saturated carbocycles. The van der Waals surface area contributed by atoms with Gasteiger partial charge in [0, 0.05) is 42.7 Å². The third-order valence-electron chi connectivity index (χ3n) is 6.92. The molecule has 0 bridgehead atoms. The van der Waals surface area contributed by atoms with Crippen LogP contribution in [0.5, 0.6) is 0 Å². The Labute approximate surface area is 216 Å². The second-order valence-corrected chi connectivity index (χ2v) is 10.2. The van der Waals surface area contributed by atoms with Gasteiger partial charge in [0.1, 0.15) is 0 Å². The van der Waals surface area contributed by atoms with Crippen molar-refractivity contribution < 1.29 is 9.59 Å². The van der Waals surface area contributed by atoms with E-state index < -0.39 is 0 Å². The van der Waals surface area contributed by atoms with E-state index in [0.29, 0.717) is 19.5 Å². The Kier molecular flexibility index (Phi) is 10.6. The number of unbranched alkanes of at least 4 members (excludes halogenated alkanes) is 4. The third-order valence-corrected chi connectivity index (χ3v) is 6.92. The lowest BCUT2D eigenvalue weighted by atomic mass is 10.1. The predicted molar refractivity (Wildman–Crippen MR) is 149 cm³/mol. The van der Waals surface area contributed by atoms with Crippen LogP contribution in [-0.2, 0) is 22.6 Å². The molecule has 1 N–H and O–H groups in total. The molecular formula is C31H43N3O2. The molecule has 1 aromatic heterocycles. The van der Waals surface area contributed by atoms with Gasteiger partial charge in [0.05, 0.1) is 6.54 Å². The molecule has 1 heterocycles. The van der Waals surface area contributed by atoms with E-state index in [9.17, 15) is 9.59 Å². The van der Waals surface area contributed by atoms with Crippen molar-refractivity contribution in [2.45, 2.75) is 85.2 Å². The van der Waals surface area contributed by atoms with E-state index in [2.05, 4.69) is 55.2 Å². The van der Waals surface area contributed by atoms with Crippen LogP contribution in [0.25, 0.3) is 10.9 Å². The summed E-state index contributed by atoms with van der Waals surface area (Å²) in [4.78, 5) is 33.6. The molecule has 0 aliphatic heterocycles. The lowest BCUT2D eigenvalue weighted by Gasteiger charge is -2.30. The minimum absolute atomic E-state index is 0.00319. The third kappa shape index (κ3) is 7.97. The summed E-state index contributed by atoms with van der Waals surface area (Å²) in [5.74, 6) is 0.0882. The summed E-state index contributed by atoms with van der Waals surface area (Å²) >= 11 is 0. The number of rotatable bonds is 14. The van der Waals surface area contributed by atoms with E-state index >= 15 is 0 Å². The quantitative estimate of drug-likeness (QED) is 0.258. The number of nitrogens with zero attached hydrogens (tertiary/aromatic N) is 2. The number of hydrogen-bond acceptors (Lipinski definition) is 2. The molecular weight excluding hydrogens is 446 g/mol. The Balaban J connectivity index is 1.69. The molecule has 0 saturated heterocycles. The van der Waals surface area contributed by atoms with Gasteiger partial charge in [-0.15, -0.1) is 0 Å². The number of fused-ring (bicyclic) bond motifs is 1. The highest BCUT2D eigenvalue weighted by Crippen LogP contribution is 2.19. The summed E-state index contributed by atoms with van der Waals surface area (Å²) in [5.41, 5.74) is 4.62. The van der Waals surface area contributed by atoms with E-state index in [-0.39, 0.29) is 24.4 Å². The second-order valence-electron chi connectivity index (χ2n) is 10.2. The summed E-state index contributed by atoms with van der Waals surface area (Å²) in [6.45, 7) is 9.53. The minimum Gasteiger partial charge on any atom is -0.361 e. The van der Waals surface area contributed by atoms with Crippen LogP contribution in [0, 0.1) is 6.92 Å². The fourth-order valence-electron chi connectivity index (χ4n) is 4.63. The molecule has 3 rings (SSSR count). The van der Waals surface area contributed by atoms with Gasteiger partial charge >= 0.3 is 0 Å². The van der Waals surface area contributed by atoms with Gasteiger partial charge in [-0.1, -0.05) is 80.6 Å². The number of para-hydroxylation sites is 1. The van der Waals surface area contributed by atoms with Crippen LogP contribution in [0.15, 0.2) is 54.7 Å². The van der Waals surface area contributed by atoms with Crippen molar-refractivity contribution in [3.05, 3.63) is 71.4 Å². The highest BCUT2D eigenvalue weighted by Gasteiger charge is 2.23. The maximum absolute atomic E-state index is 13.6. The number of carbonyl (C=O) groups excluding carboxylic acids is 2. The van der Waals surface area contributed by atoms with Crippen molar-refractivity contribution in [1.29, 1.82) is 0 Å². The highest BCUT2D eigenvalue weighted by molar-refractivity contribution is 5.85. The summed E-state index contributed by atoms with van der Waals surface area (Å²) in [5, 5.41) is 1.20. The fraction of sp³-hybridized carbons (Fsp3) is 0.484. The molecule has 0 fully saturated rings. The lowest BCUT2D eigenvalue weighted by Crippen LogP contribution is -2.46. The zero-order valence-electron chi connectivity index (χ0n) is 22.6. The standard InChI is InChI=1S/C31H43N3O2/c1-5-6-7-8-9-14-30(35)34(24(2)3)23-31(36)33(22-26-17-15-25(4)16-18-26)20-19-27-21-32-29-13-11-10-12-28(27)29/h10-13,15-18,21,24,32H,5-9,14,19-20,22-23H2,1-4H3. The number of nitrogens with one attached hydrogen (secondary N) is 1. The average molecular weight is 490 g/mol. The maximum atomic E-state index is 13.6. The van der Waals surface area contributed by atoms with Crippen molar-refractivity contribution in [2.75, 3.05) is 13.1 Å². The molecule has 0 radical (unpaired) electrons. The van der Waals surface area contributed by atoms with Crippen LogP contribution in [0.1, 0.15) is 76.0 Å². The van der Waals surface area contributed by atoms with Crippen LogP contribution in [0.2, 0.25) is 0 Å². The average Bonchev–Trinajstić information content (AvgIpc) is 3.28. The normalized spacial score (nSPS) is 11.2. The zero-order chi connectivity index (χ0) is 25.9. The number of aryl methyl sites for hydroxylation is 1. The van der Waals surface area contributed by atoms with E-state index in [1.165, 1.54) is 35.8 Å². The number of aromatic amines is 1. The van der Waals surface area contributed by atoms with Gasteiger partial charge < -0.3 is 14.8 Å². The Morgan fingerprint density at radius 2 is 1.64 bits per heavy atom. The van der Waals surface area contributed by atoms with Crippen molar-refractivity contribution >= 4 is 22.7 Å². The molecule has 0 atom stereocenters. The SMILES string of the molecule is CCCCCCCC(=O)N(CC(=O)N(CCc1c[nH]c2ccccc12)Cc1ccc(C)cc1)C(C)C. The number of hydrogen-bond donors (Lipinski definition) is 1. The van der Waals surface area contributed by atoms with Crippen molar-refractivity contribution in [3.8, 4) is 0 Å². The summed E-state index contributed by atoms with van der Waals surface area (Å²) in [7, 11) is 0. The molecule has 2 amide bonds. The van der Waals surface area contributed by atoms with Gasteiger partial charge in [-0.25, -0.2) is 0 Å². The van der Waals surface area contributed by atoms with E-state index in [1.807, 2.05) is 37.1 Å². The molecule has 0 unspecified atom stereocenters. The van der Waals surface area contributed by atoms with E-state index in [1.54, 1.807) is 4.90 Å². The largest absolute Gasteiger partial charge is 0.361 e. The van der Waals surface area contributed by atoms with Gasteiger partial charge in [0.15, 0.2) is 0 Å². The zero-order valence-corrected chi connectivity index (χ0v) is 22.6. The first-order chi connectivity index (χ1) is 17.4. The summed E-state index contributed by atoms with van der Waals surface area (Å²) in [6.07, 6.45) is 8.86. The molecule has 0 spiro atoms. The number of H-pyrrole nitrogens is 1. The molecule has 5 heteroatoms. The fourth-order valence-corrected chi connectivity index (χ4v) is 4.63. The van der Waals surface area contributed by atoms with Crippen LogP contribution in [0.3, 0.4) is 0 Å². The Morgan fingerprint density at radius 1 is 0.917 bits per heavy atom. The molecule has 2 aromatic carbocycles. The van der Waals surface area contributed by atoms with Gasteiger partial charge in [0.25, 0.3) is 0 Å². The van der Waals surface area contributed by atoms with Crippen molar-refractivity contribution in [3.63, 3.8) is 0 Å². The summed E-state index contributed by atoms with van der Waals surface area (Å²) < 4.78 is 0. The first-order valence-electron chi connectivity index (χ1n) is 13.6. The van der Waals surface area contributed by atoms with Gasteiger partial charge in [-0.05, 0) is 50.8 Å². The molecule has 5 nitrogen and oxygen atoms in total. The van der Waals surface area contributed by atoms with Gasteiger partial charge in [-0.3, -0.25) is 9.59 Å². The van der Waals surface area contributed by atoms with Gasteiger partial charge in [0.2, 0.25) is 11.8 Å². The first-order valence-corrected chi connectivity index (χ1v) is 13.6. The Bertz CT molecular complexity index is 1100. The Hall–Kier alpha value is -3.08. The summed E-state index contributed by atoms with van der Waals surface area (Å²) in [6, 6.07) is 16.6. The van der Waals surface area contributed by atoms with Crippen LogP contribution in [0.4, 0.5) is 0 Å². The van der Waals surface area contributed by atoms with E-state index in [4.69, 9.17) is 0 Å². The van der Waals surface area contributed by atoms with Crippen LogP contribution in [-0.4, -0.2) is 45.7 Å². The van der Waals surface area contributed by atoms with Crippen LogP contribution < -0.4 is 0 Å². The minimum atomic E-state index is -0.00747. The second kappa shape index (κ2) is 13.9. The molecule has 194 valence electrons. The lowest BCUT2D eigenvalue weighted by molar-refractivity contribution is -0.142. The van der Waals surface area contributed by atoms with Crippen molar-refractivity contribution in [1.82, 2.24) is 14.8 Å². The molecule has 3 aromatic rings. The van der Waals surface area contributed by atoms with Crippen molar-refractivity contribution in [2.24, 2.45) is 0 Å². The molecule has 0 aliphatic carbocycles. The smallest absolute Gasteiger partial charge is 0.242 e. The Morgan fingerprint density at radius 3 is 2.36 bits per heavy atom. The topological polar surface area (TPSA) is 56.4 Å². The predicted octanol–water partition coefficient (Wildman–Crippen LogP) is 6.65. The molecule has 0 aliphatic rings. The monoisotopic (exact) mass is 489 g/mol. The van der Waals surface area contributed by atoms with Gasteiger partial charge in [-0.2, -0.15) is 0 Å². The number of carbonyl (C=O) groups is 2. The first kappa shape index (κ1) is 27.5. The number of aromatic nitrogens is 1. The maximum Gasteiger partial charge on any atom is 0.242 e. The van der Waals surface area contributed by atoms with Crippen LogP contribution >= 0.6 is 0 Å². The number of amides is 2. The van der Waals surface area contributed by atoms with E-state index in [0.717, 1.165) is 30.3 Å². The highest BCUT2D eigenvalue weighted by atomic mass is 16.2.